The molecule has 3 rings (SSSR count). The molecule has 0 unspecified atom stereocenters. The summed E-state index contributed by atoms with van der Waals surface area (Å²) in [6.45, 7) is 3.98. The van der Waals surface area contributed by atoms with Gasteiger partial charge in [-0.1, -0.05) is 0 Å². The highest BCUT2D eigenvalue weighted by molar-refractivity contribution is 5.40. The summed E-state index contributed by atoms with van der Waals surface area (Å²) in [4.78, 5) is 6.22. The molecule has 0 amide bonds. The van der Waals surface area contributed by atoms with Crippen molar-refractivity contribution in [2.45, 2.75) is 0 Å². The maximum Gasteiger partial charge on any atom is 0.160 e. The normalized spacial score (nSPS) is 16.1. The van der Waals surface area contributed by atoms with Gasteiger partial charge in [-0.05, 0) is 12.1 Å². The van der Waals surface area contributed by atoms with Gasteiger partial charge in [-0.25, -0.2) is 4.98 Å². The Labute approximate surface area is 99.3 Å². The number of nitrogens with zero attached hydrogens (tertiary/aromatic N) is 5. The number of hydrogen-bond acceptors (Lipinski definition) is 5. The predicted octanol–water partition coefficient (Wildman–Crippen LogP) is 0.0719. The molecule has 0 saturated carbocycles. The summed E-state index contributed by atoms with van der Waals surface area (Å²) in [5.41, 5.74) is 0. The number of anilines is 1. The lowest BCUT2D eigenvalue weighted by Gasteiger charge is -2.27. The van der Waals surface area contributed by atoms with Crippen molar-refractivity contribution >= 4 is 5.82 Å². The summed E-state index contributed by atoms with van der Waals surface area (Å²) in [5, 5.41) is 11.8. The first kappa shape index (κ1) is 10.2. The quantitative estimate of drug-likeness (QED) is 0.791. The van der Waals surface area contributed by atoms with Crippen LogP contribution in [0.15, 0.2) is 30.9 Å². The van der Waals surface area contributed by atoms with Crippen LogP contribution in [0.4, 0.5) is 5.82 Å². The van der Waals surface area contributed by atoms with Gasteiger partial charge in [-0.2, -0.15) is 0 Å². The first-order valence-corrected chi connectivity index (χ1v) is 5.71. The minimum atomic E-state index is 0.793. The van der Waals surface area contributed by atoms with Gasteiger partial charge < -0.3 is 10.2 Å². The molecule has 0 radical (unpaired) electrons. The zero-order valence-corrected chi connectivity index (χ0v) is 9.45. The molecule has 0 aromatic carbocycles. The molecule has 1 N–H and O–H groups in total. The second-order valence-electron chi connectivity index (χ2n) is 3.96. The van der Waals surface area contributed by atoms with E-state index >= 15 is 0 Å². The zero-order chi connectivity index (χ0) is 11.5. The minimum absolute atomic E-state index is 0.793. The summed E-state index contributed by atoms with van der Waals surface area (Å²) < 4.78 is 1.84. The van der Waals surface area contributed by atoms with Gasteiger partial charge in [0.25, 0.3) is 0 Å². The molecular formula is C11H14N6. The topological polar surface area (TPSA) is 58.9 Å². The summed E-state index contributed by atoms with van der Waals surface area (Å²) >= 11 is 0. The molecule has 0 atom stereocenters. The molecule has 0 bridgehead atoms. The minimum Gasteiger partial charge on any atom is -0.353 e. The van der Waals surface area contributed by atoms with Gasteiger partial charge >= 0.3 is 0 Å². The third-order valence-corrected chi connectivity index (χ3v) is 2.85. The maximum absolute atomic E-state index is 4.26. The van der Waals surface area contributed by atoms with Crippen LogP contribution in [0.25, 0.3) is 5.82 Å². The number of aromatic nitrogens is 4. The lowest BCUT2D eigenvalue weighted by Crippen LogP contribution is -2.43. The van der Waals surface area contributed by atoms with Gasteiger partial charge in [-0.15, -0.1) is 10.2 Å². The third-order valence-electron chi connectivity index (χ3n) is 2.85. The fourth-order valence-corrected chi connectivity index (χ4v) is 1.91. The van der Waals surface area contributed by atoms with Crippen LogP contribution in [-0.2, 0) is 0 Å². The van der Waals surface area contributed by atoms with E-state index in [9.17, 15) is 0 Å². The van der Waals surface area contributed by atoms with E-state index in [-0.39, 0.29) is 0 Å². The molecule has 0 spiro atoms. The Morgan fingerprint density at radius 1 is 1.06 bits per heavy atom. The fourth-order valence-electron chi connectivity index (χ4n) is 1.91. The van der Waals surface area contributed by atoms with Gasteiger partial charge in [0.15, 0.2) is 11.6 Å². The van der Waals surface area contributed by atoms with Crippen molar-refractivity contribution < 1.29 is 0 Å². The van der Waals surface area contributed by atoms with Crippen molar-refractivity contribution in [1.82, 2.24) is 25.1 Å². The van der Waals surface area contributed by atoms with Crippen LogP contribution in [0.5, 0.6) is 0 Å². The van der Waals surface area contributed by atoms with Crippen LogP contribution in [0, 0.1) is 0 Å². The second-order valence-corrected chi connectivity index (χ2v) is 3.96. The Hall–Kier alpha value is -1.95. The molecule has 1 aliphatic rings. The van der Waals surface area contributed by atoms with Crippen LogP contribution in [0.1, 0.15) is 0 Å². The van der Waals surface area contributed by atoms with Gasteiger partial charge in [0.05, 0.1) is 0 Å². The Balaban J connectivity index is 1.80. The largest absolute Gasteiger partial charge is 0.353 e. The first-order valence-electron chi connectivity index (χ1n) is 5.71. The lowest BCUT2D eigenvalue weighted by atomic mass is 10.3. The van der Waals surface area contributed by atoms with Gasteiger partial charge in [-0.3, -0.25) is 4.57 Å². The molecule has 1 saturated heterocycles. The van der Waals surface area contributed by atoms with E-state index in [0.29, 0.717) is 0 Å². The fraction of sp³-hybridized carbons (Fsp3) is 0.364. The SMILES string of the molecule is c1cn(-c2ccc(N3CCNCC3)nn2)cn1. The van der Waals surface area contributed by atoms with Crippen molar-refractivity contribution in [2.75, 3.05) is 31.1 Å². The van der Waals surface area contributed by atoms with E-state index < -0.39 is 0 Å². The number of rotatable bonds is 2. The van der Waals surface area contributed by atoms with Gasteiger partial charge in [0.1, 0.15) is 6.33 Å². The van der Waals surface area contributed by atoms with Crippen molar-refractivity contribution in [3.63, 3.8) is 0 Å². The van der Waals surface area contributed by atoms with E-state index in [0.717, 1.165) is 37.8 Å². The number of piperazine rings is 1. The molecule has 88 valence electrons. The summed E-state index contributed by atoms with van der Waals surface area (Å²) in [5.74, 6) is 1.73. The molecule has 6 nitrogen and oxygen atoms in total. The number of imidazole rings is 1. The molecule has 6 heteroatoms. The summed E-state index contributed by atoms with van der Waals surface area (Å²) in [7, 11) is 0. The van der Waals surface area contributed by atoms with Crippen LogP contribution in [-0.4, -0.2) is 45.9 Å². The average Bonchev–Trinajstić information content (AvgIpc) is 2.94. The van der Waals surface area contributed by atoms with Gasteiger partial charge in [0, 0.05) is 38.6 Å². The van der Waals surface area contributed by atoms with E-state index in [2.05, 4.69) is 25.4 Å². The van der Waals surface area contributed by atoms with E-state index in [1.54, 1.807) is 12.5 Å². The highest BCUT2D eigenvalue weighted by atomic mass is 15.3. The van der Waals surface area contributed by atoms with Crippen LogP contribution < -0.4 is 10.2 Å². The Morgan fingerprint density at radius 3 is 2.47 bits per heavy atom. The van der Waals surface area contributed by atoms with Crippen LogP contribution in [0.3, 0.4) is 0 Å². The van der Waals surface area contributed by atoms with Crippen molar-refractivity contribution in [1.29, 1.82) is 0 Å². The Kier molecular flexibility index (Phi) is 2.71. The molecule has 1 aliphatic heterocycles. The predicted molar refractivity (Wildman–Crippen MR) is 64.2 cm³/mol. The second kappa shape index (κ2) is 4.50. The lowest BCUT2D eigenvalue weighted by molar-refractivity contribution is 0.582. The molecule has 0 aliphatic carbocycles. The van der Waals surface area contributed by atoms with Crippen molar-refractivity contribution in [2.24, 2.45) is 0 Å². The van der Waals surface area contributed by atoms with E-state index in [4.69, 9.17) is 0 Å². The van der Waals surface area contributed by atoms with E-state index in [1.165, 1.54) is 0 Å². The van der Waals surface area contributed by atoms with Gasteiger partial charge in [0.2, 0.25) is 0 Å². The molecule has 1 fully saturated rings. The highest BCUT2D eigenvalue weighted by Crippen LogP contribution is 2.11. The molecule has 17 heavy (non-hydrogen) atoms. The summed E-state index contributed by atoms with van der Waals surface area (Å²) in [6, 6.07) is 3.97. The standard InChI is InChI=1S/C11H14N6/c1-2-11(17-8-5-13-9-17)15-14-10(1)16-6-3-12-4-7-16/h1-2,5,8-9,12H,3-4,6-7H2. The monoisotopic (exact) mass is 230 g/mol. The maximum atomic E-state index is 4.26. The Bertz CT molecular complexity index is 457. The number of nitrogens with one attached hydrogen (secondary N) is 1. The van der Waals surface area contributed by atoms with Crippen LogP contribution >= 0.6 is 0 Å². The first-order chi connectivity index (χ1) is 8.43. The highest BCUT2D eigenvalue weighted by Gasteiger charge is 2.11. The smallest absolute Gasteiger partial charge is 0.160 e. The Morgan fingerprint density at radius 2 is 1.82 bits per heavy atom. The number of hydrogen-bond donors (Lipinski definition) is 1. The molecule has 3 heterocycles. The van der Waals surface area contributed by atoms with Crippen molar-refractivity contribution in [3.8, 4) is 5.82 Å². The third kappa shape index (κ3) is 2.12. The van der Waals surface area contributed by atoms with Crippen molar-refractivity contribution in [3.05, 3.63) is 30.9 Å². The zero-order valence-electron chi connectivity index (χ0n) is 9.45. The molecule has 2 aromatic rings. The van der Waals surface area contributed by atoms with Crippen LogP contribution in [0.2, 0.25) is 0 Å². The average molecular weight is 230 g/mol. The molecular weight excluding hydrogens is 216 g/mol. The summed E-state index contributed by atoms with van der Waals surface area (Å²) in [6.07, 6.45) is 5.30. The molecule has 2 aromatic heterocycles. The van der Waals surface area contributed by atoms with E-state index in [1.807, 2.05) is 22.9 Å².